The Morgan fingerprint density at radius 2 is 1.96 bits per heavy atom. The zero-order chi connectivity index (χ0) is 19.4. The van der Waals surface area contributed by atoms with E-state index in [1.54, 1.807) is 4.90 Å². The highest BCUT2D eigenvalue weighted by Gasteiger charge is 2.29. The van der Waals surface area contributed by atoms with Crippen LogP contribution in [0, 0.1) is 5.82 Å². The molecule has 2 aromatic rings. The molecule has 0 fully saturated rings. The number of fused-ring (bicyclic) bond motifs is 1. The Morgan fingerprint density at radius 1 is 1.19 bits per heavy atom. The number of hydrogen-bond acceptors (Lipinski definition) is 4. The van der Waals surface area contributed by atoms with Crippen LogP contribution < -0.4 is 10.2 Å². The van der Waals surface area contributed by atoms with E-state index in [4.69, 9.17) is 4.74 Å². The Morgan fingerprint density at radius 3 is 2.74 bits per heavy atom. The first-order chi connectivity index (χ1) is 13.0. The molecule has 1 aliphatic heterocycles. The van der Waals surface area contributed by atoms with E-state index in [2.05, 4.69) is 5.32 Å². The minimum Gasteiger partial charge on any atom is -0.451 e. The predicted octanol–water partition coefficient (Wildman–Crippen LogP) is 2.08. The highest BCUT2D eigenvalue weighted by atomic mass is 19.1. The van der Waals surface area contributed by atoms with Crippen LogP contribution in [0.15, 0.2) is 48.5 Å². The summed E-state index contributed by atoms with van der Waals surface area (Å²) in [6.45, 7) is 1.62. The maximum absolute atomic E-state index is 13.1. The van der Waals surface area contributed by atoms with Crippen molar-refractivity contribution < 1.29 is 23.5 Å². The fraction of sp³-hybridized carbons (Fsp3) is 0.250. The number of anilines is 1. The Labute approximate surface area is 155 Å². The summed E-state index contributed by atoms with van der Waals surface area (Å²) in [5, 5.41) is 2.35. The van der Waals surface area contributed by atoms with Crippen molar-refractivity contribution in [3.63, 3.8) is 0 Å². The first-order valence-electron chi connectivity index (χ1n) is 8.58. The van der Waals surface area contributed by atoms with Crippen molar-refractivity contribution in [1.82, 2.24) is 5.32 Å². The van der Waals surface area contributed by atoms with E-state index in [1.165, 1.54) is 25.1 Å². The number of ether oxygens (including phenoxy) is 1. The van der Waals surface area contributed by atoms with Crippen LogP contribution in [-0.4, -0.2) is 37.0 Å². The zero-order valence-corrected chi connectivity index (χ0v) is 14.8. The number of carbonyl (C=O) groups excluding carboxylic acids is 3. The summed E-state index contributed by atoms with van der Waals surface area (Å²) in [5.41, 5.74) is 2.00. The molecule has 0 aliphatic carbocycles. The molecule has 7 heteroatoms. The lowest BCUT2D eigenvalue weighted by molar-refractivity contribution is -0.152. The third kappa shape index (κ3) is 4.31. The topological polar surface area (TPSA) is 75.7 Å². The lowest BCUT2D eigenvalue weighted by atomic mass is 10.2. The van der Waals surface area contributed by atoms with E-state index in [-0.39, 0.29) is 11.5 Å². The molecular formula is C20H19FN2O4. The Kier molecular flexibility index (Phi) is 5.49. The Bertz CT molecular complexity index is 884. The van der Waals surface area contributed by atoms with E-state index in [0.29, 0.717) is 6.54 Å². The van der Waals surface area contributed by atoms with Gasteiger partial charge in [0, 0.05) is 17.8 Å². The molecule has 1 heterocycles. The molecule has 3 rings (SSSR count). The standard InChI is InChI=1S/C20H19FN2O4/c1-13(20(26)23-10-9-14-5-2-3-8-17(14)23)27-18(24)12-22-19(25)15-6-4-7-16(21)11-15/h2-8,11,13H,9-10,12H2,1H3,(H,22,25)/t13-/m0/s1. The molecule has 0 radical (unpaired) electrons. The molecule has 0 unspecified atom stereocenters. The number of rotatable bonds is 5. The summed E-state index contributed by atoms with van der Waals surface area (Å²) >= 11 is 0. The summed E-state index contributed by atoms with van der Waals surface area (Å²) in [6, 6.07) is 12.7. The summed E-state index contributed by atoms with van der Waals surface area (Å²) in [6.07, 6.45) is -0.221. The number of halogens is 1. The summed E-state index contributed by atoms with van der Waals surface area (Å²) in [7, 11) is 0. The molecule has 2 amide bonds. The van der Waals surface area contributed by atoms with Crippen molar-refractivity contribution in [2.24, 2.45) is 0 Å². The first kappa shape index (κ1) is 18.6. The van der Waals surface area contributed by atoms with E-state index in [0.717, 1.165) is 23.7 Å². The molecule has 0 saturated heterocycles. The average molecular weight is 370 g/mol. The summed E-state index contributed by atoms with van der Waals surface area (Å²) in [4.78, 5) is 38.0. The lowest BCUT2D eigenvalue weighted by Gasteiger charge is -2.21. The van der Waals surface area contributed by atoms with Gasteiger partial charge in [0.15, 0.2) is 6.10 Å². The van der Waals surface area contributed by atoms with Crippen LogP contribution in [-0.2, 0) is 20.7 Å². The summed E-state index contributed by atoms with van der Waals surface area (Å²) in [5.74, 6) is -2.20. The van der Waals surface area contributed by atoms with Crippen molar-refractivity contribution in [3.05, 3.63) is 65.5 Å². The Balaban J connectivity index is 1.52. The van der Waals surface area contributed by atoms with E-state index in [1.807, 2.05) is 24.3 Å². The van der Waals surface area contributed by atoms with Gasteiger partial charge in [0.05, 0.1) is 0 Å². The highest BCUT2D eigenvalue weighted by molar-refractivity contribution is 5.99. The molecule has 2 aromatic carbocycles. The molecule has 0 aromatic heterocycles. The molecule has 27 heavy (non-hydrogen) atoms. The molecule has 6 nitrogen and oxygen atoms in total. The maximum Gasteiger partial charge on any atom is 0.326 e. The minimum absolute atomic E-state index is 0.0978. The number of esters is 1. The molecular weight excluding hydrogens is 351 g/mol. The molecule has 1 aliphatic rings. The van der Waals surface area contributed by atoms with Crippen molar-refractivity contribution in [2.75, 3.05) is 18.0 Å². The number of carbonyl (C=O) groups is 3. The molecule has 0 spiro atoms. The van der Waals surface area contributed by atoms with Crippen LogP contribution >= 0.6 is 0 Å². The van der Waals surface area contributed by atoms with Gasteiger partial charge in [-0.2, -0.15) is 0 Å². The highest BCUT2D eigenvalue weighted by Crippen LogP contribution is 2.28. The number of nitrogens with one attached hydrogen (secondary N) is 1. The summed E-state index contributed by atoms with van der Waals surface area (Å²) < 4.78 is 18.3. The number of hydrogen-bond donors (Lipinski definition) is 1. The van der Waals surface area contributed by atoms with E-state index < -0.39 is 30.3 Å². The second-order valence-electron chi connectivity index (χ2n) is 6.19. The number of para-hydroxylation sites is 1. The van der Waals surface area contributed by atoms with E-state index >= 15 is 0 Å². The minimum atomic E-state index is -0.977. The fourth-order valence-electron chi connectivity index (χ4n) is 2.96. The second kappa shape index (κ2) is 7.99. The second-order valence-corrected chi connectivity index (χ2v) is 6.19. The number of nitrogens with zero attached hydrogens (tertiary/aromatic N) is 1. The van der Waals surface area contributed by atoms with Gasteiger partial charge in [-0.3, -0.25) is 14.4 Å². The van der Waals surface area contributed by atoms with Crippen LogP contribution in [0.2, 0.25) is 0 Å². The van der Waals surface area contributed by atoms with Gasteiger partial charge in [0.2, 0.25) is 0 Å². The zero-order valence-electron chi connectivity index (χ0n) is 14.8. The van der Waals surface area contributed by atoms with Gasteiger partial charge in [-0.25, -0.2) is 4.39 Å². The molecule has 1 N–H and O–H groups in total. The van der Waals surface area contributed by atoms with Gasteiger partial charge in [-0.15, -0.1) is 0 Å². The van der Waals surface area contributed by atoms with Gasteiger partial charge >= 0.3 is 5.97 Å². The van der Waals surface area contributed by atoms with Crippen LogP contribution in [0.25, 0.3) is 0 Å². The number of benzene rings is 2. The van der Waals surface area contributed by atoms with Gasteiger partial charge in [0.1, 0.15) is 12.4 Å². The fourth-order valence-corrected chi connectivity index (χ4v) is 2.96. The van der Waals surface area contributed by atoms with Gasteiger partial charge < -0.3 is 15.0 Å². The van der Waals surface area contributed by atoms with Crippen molar-refractivity contribution in [1.29, 1.82) is 0 Å². The van der Waals surface area contributed by atoms with Gasteiger partial charge in [-0.1, -0.05) is 24.3 Å². The molecule has 1 atom stereocenters. The van der Waals surface area contributed by atoms with Crippen molar-refractivity contribution >= 4 is 23.5 Å². The van der Waals surface area contributed by atoms with Crippen LogP contribution in [0.3, 0.4) is 0 Å². The predicted molar refractivity (Wildman–Crippen MR) is 96.8 cm³/mol. The molecule has 0 saturated carbocycles. The first-order valence-corrected chi connectivity index (χ1v) is 8.58. The van der Waals surface area contributed by atoms with Gasteiger partial charge in [-0.05, 0) is 43.2 Å². The van der Waals surface area contributed by atoms with Crippen molar-refractivity contribution in [3.8, 4) is 0 Å². The number of amides is 2. The maximum atomic E-state index is 13.1. The lowest BCUT2D eigenvalue weighted by Crippen LogP contribution is -2.41. The Hall–Kier alpha value is -3.22. The third-order valence-electron chi connectivity index (χ3n) is 4.29. The van der Waals surface area contributed by atoms with Crippen LogP contribution in [0.5, 0.6) is 0 Å². The quantitative estimate of drug-likeness (QED) is 0.818. The SMILES string of the molecule is C[C@H](OC(=O)CNC(=O)c1cccc(F)c1)C(=O)N1CCc2ccccc21. The van der Waals surface area contributed by atoms with Crippen molar-refractivity contribution in [2.45, 2.75) is 19.4 Å². The van der Waals surface area contributed by atoms with Gasteiger partial charge in [0.25, 0.3) is 11.8 Å². The largest absolute Gasteiger partial charge is 0.451 e. The van der Waals surface area contributed by atoms with Crippen LogP contribution in [0.1, 0.15) is 22.8 Å². The van der Waals surface area contributed by atoms with Crippen LogP contribution in [0.4, 0.5) is 10.1 Å². The monoisotopic (exact) mass is 370 g/mol. The van der Waals surface area contributed by atoms with E-state index in [9.17, 15) is 18.8 Å². The molecule has 0 bridgehead atoms. The third-order valence-corrected chi connectivity index (χ3v) is 4.29. The molecule has 140 valence electrons. The average Bonchev–Trinajstić information content (AvgIpc) is 3.09. The smallest absolute Gasteiger partial charge is 0.326 e. The normalized spacial score (nSPS) is 13.6.